The monoisotopic (exact) mass is 532 g/mol. The second-order valence-electron chi connectivity index (χ2n) is 10.1. The molecular weight excluding hydrogens is 500 g/mol. The molecule has 1 unspecified atom stereocenters. The maximum absolute atomic E-state index is 14.3. The van der Waals surface area contributed by atoms with E-state index in [1.807, 2.05) is 0 Å². The summed E-state index contributed by atoms with van der Waals surface area (Å²) in [5.74, 6) is -6.06. The fourth-order valence-electron chi connectivity index (χ4n) is 4.28. The molecule has 1 aromatic carbocycles. The summed E-state index contributed by atoms with van der Waals surface area (Å²) in [6.07, 6.45) is -1.21. The van der Waals surface area contributed by atoms with Crippen LogP contribution in [-0.2, 0) is 14.3 Å². The molecule has 8 nitrogen and oxygen atoms in total. The second kappa shape index (κ2) is 11.7. The topological polar surface area (TPSA) is 106 Å². The molecule has 1 aliphatic carbocycles. The molecule has 206 valence electrons. The Hall–Kier alpha value is -2.86. The number of amides is 1. The average Bonchev–Trinajstić information content (AvgIpc) is 2.79. The third-order valence-electron chi connectivity index (χ3n) is 5.99. The van der Waals surface area contributed by atoms with Crippen LogP contribution in [0.5, 0.6) is 5.75 Å². The van der Waals surface area contributed by atoms with Gasteiger partial charge in [-0.25, -0.2) is 18.4 Å². The third kappa shape index (κ3) is 8.06. The first kappa shape index (κ1) is 28.7. The zero-order chi connectivity index (χ0) is 27.4. The summed E-state index contributed by atoms with van der Waals surface area (Å²) in [6, 6.07) is 0.846. The van der Waals surface area contributed by atoms with E-state index < -0.39 is 41.2 Å². The zero-order valence-corrected chi connectivity index (χ0v) is 20.9. The number of allylic oxidation sites excluding steroid dienone is 1. The van der Waals surface area contributed by atoms with E-state index in [2.05, 4.69) is 15.4 Å². The predicted octanol–water partition coefficient (Wildman–Crippen LogP) is 4.62. The van der Waals surface area contributed by atoms with Crippen molar-refractivity contribution in [2.75, 3.05) is 13.2 Å². The lowest BCUT2D eigenvalue weighted by Gasteiger charge is -2.35. The zero-order valence-electron chi connectivity index (χ0n) is 20.9. The number of rotatable bonds is 8. The molecule has 1 aliphatic heterocycles. The van der Waals surface area contributed by atoms with Crippen LogP contribution in [0.15, 0.2) is 18.2 Å². The Morgan fingerprint density at radius 2 is 1.92 bits per heavy atom. The van der Waals surface area contributed by atoms with Crippen molar-refractivity contribution in [1.29, 1.82) is 0 Å². The minimum absolute atomic E-state index is 0.151. The highest BCUT2D eigenvalue weighted by Crippen LogP contribution is 2.38. The summed E-state index contributed by atoms with van der Waals surface area (Å²) in [6.45, 7) is 6.40. The number of carbonyl (C=O) groups excluding carboxylic acids is 1. The summed E-state index contributed by atoms with van der Waals surface area (Å²) < 4.78 is 71.0. The van der Waals surface area contributed by atoms with Gasteiger partial charge in [-0.3, -0.25) is 0 Å². The van der Waals surface area contributed by atoms with E-state index >= 15 is 0 Å². The van der Waals surface area contributed by atoms with Crippen LogP contribution < -0.4 is 15.4 Å². The van der Waals surface area contributed by atoms with Crippen molar-refractivity contribution in [3.05, 3.63) is 35.4 Å². The largest absolute Gasteiger partial charge is 0.502 e. The van der Waals surface area contributed by atoms with Crippen molar-refractivity contribution >= 4 is 17.6 Å². The molecule has 2 aliphatic rings. The van der Waals surface area contributed by atoms with Gasteiger partial charge in [0.25, 0.3) is 0 Å². The van der Waals surface area contributed by atoms with Crippen molar-refractivity contribution in [1.82, 2.24) is 10.6 Å². The first-order chi connectivity index (χ1) is 17.2. The van der Waals surface area contributed by atoms with Gasteiger partial charge in [0.1, 0.15) is 11.4 Å². The average molecular weight is 533 g/mol. The number of carboxylic acids is 1. The van der Waals surface area contributed by atoms with Crippen LogP contribution in [0.2, 0.25) is 0 Å². The molecule has 0 spiro atoms. The van der Waals surface area contributed by atoms with Crippen LogP contribution in [0, 0.1) is 11.6 Å². The van der Waals surface area contributed by atoms with Gasteiger partial charge in [0, 0.05) is 17.7 Å². The summed E-state index contributed by atoms with van der Waals surface area (Å²) in [5, 5.41) is 14.8. The lowest BCUT2D eigenvalue weighted by molar-refractivity contribution is -0.211. The number of nitrogens with one attached hydrogen (secondary N) is 2. The molecule has 1 aromatic rings. The molecule has 1 fully saturated rings. The SMILES string of the molecule is CC(C)(C)OC(=O)N[C@H]1CCCN[C@H]1COC1CC=C(c2cc(F)cc(F)c2OC(F)(F)C(=O)O)CC1. The van der Waals surface area contributed by atoms with Crippen molar-refractivity contribution in [3.8, 4) is 5.75 Å². The number of ether oxygens (including phenoxy) is 3. The molecule has 0 radical (unpaired) electrons. The van der Waals surface area contributed by atoms with Crippen LogP contribution >= 0.6 is 0 Å². The Bertz CT molecular complexity index is 1030. The standard InChI is InChI=1S/C25H32F4N2O6/c1-24(2,3)37-23(34)31-19-5-4-10-30-20(19)13-35-16-8-6-14(7-9-16)17-11-15(26)12-18(27)21(17)36-25(28,29)22(32)33/h6,11-12,16,19-20,30H,4-5,7-10,13H2,1-3H3,(H,31,34)(H,32,33)/t16?,19-,20-/m0/s1. The minimum Gasteiger partial charge on any atom is -0.474 e. The minimum atomic E-state index is -4.69. The third-order valence-corrected chi connectivity index (χ3v) is 5.99. The van der Waals surface area contributed by atoms with E-state index in [-0.39, 0.29) is 30.2 Å². The van der Waals surface area contributed by atoms with Gasteiger partial charge in [0.05, 0.1) is 18.8 Å². The van der Waals surface area contributed by atoms with Crippen LogP contribution in [0.3, 0.4) is 0 Å². The Morgan fingerprint density at radius 1 is 1.19 bits per heavy atom. The van der Waals surface area contributed by atoms with Gasteiger partial charge in [0.15, 0.2) is 11.6 Å². The van der Waals surface area contributed by atoms with Crippen LogP contribution in [0.25, 0.3) is 5.57 Å². The fraction of sp³-hybridized carbons (Fsp3) is 0.600. The van der Waals surface area contributed by atoms with Crippen molar-refractivity contribution in [2.24, 2.45) is 0 Å². The van der Waals surface area contributed by atoms with Gasteiger partial charge in [-0.1, -0.05) is 6.08 Å². The Kier molecular flexibility index (Phi) is 9.06. The van der Waals surface area contributed by atoms with Gasteiger partial charge in [-0.05, 0) is 71.1 Å². The number of alkyl halides is 2. The highest BCUT2D eigenvalue weighted by atomic mass is 19.3. The van der Waals surface area contributed by atoms with Gasteiger partial charge in [-0.2, -0.15) is 8.78 Å². The smallest absolute Gasteiger partial charge is 0.474 e. The summed E-state index contributed by atoms with van der Waals surface area (Å²) in [5.41, 5.74) is -0.550. The molecule has 1 amide bonds. The number of carboxylic acid groups (broad SMARTS) is 1. The fourth-order valence-corrected chi connectivity index (χ4v) is 4.28. The molecule has 3 atom stereocenters. The number of hydrogen-bond acceptors (Lipinski definition) is 6. The maximum atomic E-state index is 14.3. The number of aliphatic carboxylic acids is 1. The first-order valence-electron chi connectivity index (χ1n) is 12.1. The van der Waals surface area contributed by atoms with Gasteiger partial charge in [0.2, 0.25) is 0 Å². The second-order valence-corrected chi connectivity index (χ2v) is 10.1. The first-order valence-corrected chi connectivity index (χ1v) is 12.1. The Balaban J connectivity index is 1.63. The number of alkyl carbamates (subject to hydrolysis) is 1. The molecule has 3 rings (SSSR count). The molecule has 1 heterocycles. The maximum Gasteiger partial charge on any atom is 0.502 e. The molecule has 12 heteroatoms. The van der Waals surface area contributed by atoms with E-state index in [9.17, 15) is 27.2 Å². The normalized spacial score (nSPS) is 22.7. The van der Waals surface area contributed by atoms with Gasteiger partial charge in [-0.15, -0.1) is 0 Å². The highest BCUT2D eigenvalue weighted by molar-refractivity contribution is 5.76. The van der Waals surface area contributed by atoms with Crippen LogP contribution in [-0.4, -0.2) is 60.2 Å². The van der Waals surface area contributed by atoms with E-state index in [1.165, 1.54) is 0 Å². The number of benzene rings is 1. The lowest BCUT2D eigenvalue weighted by atomic mass is 9.91. The van der Waals surface area contributed by atoms with Gasteiger partial charge >= 0.3 is 18.2 Å². The van der Waals surface area contributed by atoms with Crippen molar-refractivity contribution < 1.29 is 46.5 Å². The van der Waals surface area contributed by atoms with Crippen LogP contribution in [0.4, 0.5) is 22.4 Å². The predicted molar refractivity (Wildman–Crippen MR) is 125 cm³/mol. The van der Waals surface area contributed by atoms with Crippen LogP contribution in [0.1, 0.15) is 58.4 Å². The van der Waals surface area contributed by atoms with Crippen molar-refractivity contribution in [2.45, 2.75) is 82.8 Å². The molecule has 1 saturated heterocycles. The summed E-state index contributed by atoms with van der Waals surface area (Å²) >= 11 is 0. The van der Waals surface area contributed by atoms with Crippen molar-refractivity contribution in [3.63, 3.8) is 0 Å². The van der Waals surface area contributed by atoms with Gasteiger partial charge < -0.3 is 30.0 Å². The Labute approximate surface area is 212 Å². The van der Waals surface area contributed by atoms with E-state index in [1.54, 1.807) is 26.8 Å². The Morgan fingerprint density at radius 3 is 2.54 bits per heavy atom. The molecule has 0 bridgehead atoms. The number of hydrogen-bond donors (Lipinski definition) is 3. The summed E-state index contributed by atoms with van der Waals surface area (Å²) in [4.78, 5) is 22.9. The molecular formula is C25H32F4N2O6. The quantitative estimate of drug-likeness (QED) is 0.420. The highest BCUT2D eigenvalue weighted by Gasteiger charge is 2.44. The number of halogens is 4. The molecule has 3 N–H and O–H groups in total. The molecule has 37 heavy (non-hydrogen) atoms. The van der Waals surface area contributed by atoms with E-state index in [4.69, 9.17) is 14.6 Å². The summed E-state index contributed by atoms with van der Waals surface area (Å²) in [7, 11) is 0. The van der Waals surface area contributed by atoms with E-state index in [0.717, 1.165) is 25.5 Å². The molecule has 0 aromatic heterocycles. The number of carbonyl (C=O) groups is 2. The lowest BCUT2D eigenvalue weighted by Crippen LogP contribution is -2.56. The number of piperidine rings is 1. The molecule has 0 saturated carbocycles. The van der Waals surface area contributed by atoms with E-state index in [0.29, 0.717) is 31.1 Å².